The minimum absolute atomic E-state index is 0.227. The molecule has 0 spiro atoms. The Bertz CT molecular complexity index is 963. The summed E-state index contributed by atoms with van der Waals surface area (Å²) in [7, 11) is 0. The second-order valence-corrected chi connectivity index (χ2v) is 5.64. The van der Waals surface area contributed by atoms with Gasteiger partial charge in [0.1, 0.15) is 24.2 Å². The fourth-order valence-corrected chi connectivity index (χ4v) is 2.56. The number of nitriles is 1. The Morgan fingerprint density at radius 2 is 1.56 bits per heavy atom. The van der Waals surface area contributed by atoms with E-state index >= 15 is 0 Å². The highest BCUT2D eigenvalue weighted by Gasteiger charge is 2.32. The summed E-state index contributed by atoms with van der Waals surface area (Å²) in [6.07, 6.45) is -4.80. The van der Waals surface area contributed by atoms with E-state index in [9.17, 15) is 18.4 Å². The number of ether oxygens (including phenoxy) is 2. The third-order valence-electron chi connectivity index (χ3n) is 3.76. The van der Waals surface area contributed by atoms with Crippen molar-refractivity contribution >= 4 is 0 Å². The number of benzene rings is 3. The normalized spacial score (nSPS) is 10.9. The fraction of sp³-hybridized carbons (Fsp3) is 0.0952. The van der Waals surface area contributed by atoms with Crippen molar-refractivity contribution in [2.75, 3.05) is 0 Å². The molecular formula is C21H14F3NO2. The van der Waals surface area contributed by atoms with Gasteiger partial charge in [0.2, 0.25) is 0 Å². The first-order valence-corrected chi connectivity index (χ1v) is 8.02. The Kier molecular flexibility index (Phi) is 5.32. The largest absolute Gasteiger partial charge is 0.573 e. The van der Waals surface area contributed by atoms with Crippen molar-refractivity contribution in [3.05, 3.63) is 83.9 Å². The van der Waals surface area contributed by atoms with Gasteiger partial charge in [-0.25, -0.2) is 0 Å². The highest BCUT2D eigenvalue weighted by molar-refractivity contribution is 5.72. The third-order valence-corrected chi connectivity index (χ3v) is 3.76. The van der Waals surface area contributed by atoms with Crippen molar-refractivity contribution in [3.8, 4) is 28.7 Å². The number of alkyl halides is 3. The monoisotopic (exact) mass is 369 g/mol. The summed E-state index contributed by atoms with van der Waals surface area (Å²) in [6, 6.07) is 21.9. The van der Waals surface area contributed by atoms with Crippen LogP contribution in [0.5, 0.6) is 11.5 Å². The first-order chi connectivity index (χ1) is 13.0. The van der Waals surface area contributed by atoms with Gasteiger partial charge in [-0.1, -0.05) is 54.6 Å². The maximum atomic E-state index is 12.6. The number of rotatable bonds is 5. The molecule has 27 heavy (non-hydrogen) atoms. The minimum Gasteiger partial charge on any atom is -0.488 e. The molecule has 136 valence electrons. The van der Waals surface area contributed by atoms with Crippen LogP contribution in [-0.4, -0.2) is 6.36 Å². The van der Waals surface area contributed by atoms with Crippen LogP contribution >= 0.6 is 0 Å². The maximum Gasteiger partial charge on any atom is 0.573 e. The SMILES string of the molecule is N#Cc1cc(-c2ccccc2OC(F)(F)F)ccc1OCc1ccccc1. The molecule has 0 aromatic heterocycles. The van der Waals surface area contributed by atoms with E-state index in [1.807, 2.05) is 36.4 Å². The first kappa shape index (κ1) is 18.3. The van der Waals surface area contributed by atoms with Gasteiger partial charge in [0, 0.05) is 5.56 Å². The molecular weight excluding hydrogens is 355 g/mol. The molecule has 0 amide bonds. The van der Waals surface area contributed by atoms with Gasteiger partial charge in [-0.3, -0.25) is 0 Å². The summed E-state index contributed by atoms with van der Waals surface area (Å²) >= 11 is 0. The number of nitrogens with zero attached hydrogens (tertiary/aromatic N) is 1. The minimum atomic E-state index is -4.80. The topological polar surface area (TPSA) is 42.2 Å². The molecule has 0 aliphatic heterocycles. The summed E-state index contributed by atoms with van der Waals surface area (Å²) in [6.45, 7) is 0.280. The van der Waals surface area contributed by atoms with Crippen LogP contribution in [0.2, 0.25) is 0 Å². The Hall–Kier alpha value is -3.46. The number of halogens is 3. The molecule has 0 bridgehead atoms. The predicted octanol–water partition coefficient (Wildman–Crippen LogP) is 5.70. The lowest BCUT2D eigenvalue weighted by molar-refractivity contribution is -0.274. The van der Waals surface area contributed by atoms with Crippen LogP contribution in [0.25, 0.3) is 11.1 Å². The lowest BCUT2D eigenvalue weighted by Gasteiger charge is -2.14. The zero-order valence-electron chi connectivity index (χ0n) is 14.0. The van der Waals surface area contributed by atoms with E-state index < -0.39 is 6.36 Å². The Morgan fingerprint density at radius 1 is 0.852 bits per heavy atom. The highest BCUT2D eigenvalue weighted by atomic mass is 19.4. The van der Waals surface area contributed by atoms with Gasteiger partial charge < -0.3 is 9.47 Å². The second kappa shape index (κ2) is 7.83. The molecule has 0 atom stereocenters. The van der Waals surface area contributed by atoms with Crippen molar-refractivity contribution in [1.82, 2.24) is 0 Å². The van der Waals surface area contributed by atoms with E-state index in [-0.39, 0.29) is 23.5 Å². The summed E-state index contributed by atoms with van der Waals surface area (Å²) in [5, 5.41) is 9.40. The van der Waals surface area contributed by atoms with Gasteiger partial charge in [0.05, 0.1) is 5.56 Å². The van der Waals surface area contributed by atoms with E-state index in [1.54, 1.807) is 18.2 Å². The molecule has 6 heteroatoms. The summed E-state index contributed by atoms with van der Waals surface area (Å²) < 4.78 is 47.6. The van der Waals surface area contributed by atoms with Crippen molar-refractivity contribution in [1.29, 1.82) is 5.26 Å². The van der Waals surface area contributed by atoms with Gasteiger partial charge >= 0.3 is 6.36 Å². The van der Waals surface area contributed by atoms with Crippen molar-refractivity contribution in [3.63, 3.8) is 0 Å². The molecule has 0 N–H and O–H groups in total. The van der Waals surface area contributed by atoms with Crippen LogP contribution in [0.1, 0.15) is 11.1 Å². The predicted molar refractivity (Wildman–Crippen MR) is 94.1 cm³/mol. The molecule has 0 aliphatic rings. The standard InChI is InChI=1S/C21H14F3NO2/c22-21(23,24)27-20-9-5-4-8-18(20)16-10-11-19(17(12-16)13-25)26-14-15-6-2-1-3-7-15/h1-12H,14H2. The molecule has 3 nitrogen and oxygen atoms in total. The zero-order chi connectivity index (χ0) is 19.3. The van der Waals surface area contributed by atoms with E-state index in [1.165, 1.54) is 24.3 Å². The molecule has 0 unspecified atom stereocenters. The van der Waals surface area contributed by atoms with E-state index in [2.05, 4.69) is 4.74 Å². The van der Waals surface area contributed by atoms with Crippen LogP contribution in [0.15, 0.2) is 72.8 Å². The molecule has 0 saturated heterocycles. The maximum absolute atomic E-state index is 12.6. The molecule has 3 aromatic carbocycles. The van der Waals surface area contributed by atoms with Crippen molar-refractivity contribution in [2.45, 2.75) is 13.0 Å². The molecule has 0 aliphatic carbocycles. The van der Waals surface area contributed by atoms with E-state index in [0.29, 0.717) is 11.3 Å². The Balaban J connectivity index is 1.88. The molecule has 0 saturated carbocycles. The molecule has 0 heterocycles. The Morgan fingerprint density at radius 3 is 2.26 bits per heavy atom. The lowest BCUT2D eigenvalue weighted by atomic mass is 10.0. The summed E-state index contributed by atoms with van der Waals surface area (Å²) in [5.74, 6) is 0.0335. The van der Waals surface area contributed by atoms with Crippen molar-refractivity contribution in [2.24, 2.45) is 0 Å². The molecule has 3 rings (SSSR count). The van der Waals surface area contributed by atoms with E-state index in [0.717, 1.165) is 5.56 Å². The third kappa shape index (κ3) is 4.79. The van der Waals surface area contributed by atoms with Crippen LogP contribution in [0, 0.1) is 11.3 Å². The van der Waals surface area contributed by atoms with Gasteiger partial charge in [-0.15, -0.1) is 13.2 Å². The average molecular weight is 369 g/mol. The number of para-hydroxylation sites is 1. The van der Waals surface area contributed by atoms with Gasteiger partial charge in [-0.2, -0.15) is 5.26 Å². The zero-order valence-corrected chi connectivity index (χ0v) is 14.0. The van der Waals surface area contributed by atoms with Gasteiger partial charge in [-0.05, 0) is 29.3 Å². The quantitative estimate of drug-likeness (QED) is 0.579. The Labute approximate surface area is 154 Å². The van der Waals surface area contributed by atoms with Crippen LogP contribution in [0.4, 0.5) is 13.2 Å². The van der Waals surface area contributed by atoms with Crippen LogP contribution < -0.4 is 9.47 Å². The molecule has 0 radical (unpaired) electrons. The second-order valence-electron chi connectivity index (χ2n) is 5.64. The number of hydrogen-bond acceptors (Lipinski definition) is 3. The smallest absolute Gasteiger partial charge is 0.488 e. The van der Waals surface area contributed by atoms with Crippen LogP contribution in [-0.2, 0) is 6.61 Å². The van der Waals surface area contributed by atoms with Crippen LogP contribution in [0.3, 0.4) is 0 Å². The summed E-state index contributed by atoms with van der Waals surface area (Å²) in [5.41, 5.74) is 1.83. The fourth-order valence-electron chi connectivity index (χ4n) is 2.56. The molecule has 0 fully saturated rings. The van der Waals surface area contributed by atoms with Crippen molar-refractivity contribution < 1.29 is 22.6 Å². The first-order valence-electron chi connectivity index (χ1n) is 8.02. The molecule has 3 aromatic rings. The average Bonchev–Trinajstić information content (AvgIpc) is 2.66. The van der Waals surface area contributed by atoms with Gasteiger partial charge in [0.25, 0.3) is 0 Å². The van der Waals surface area contributed by atoms with E-state index in [4.69, 9.17) is 4.74 Å². The van der Waals surface area contributed by atoms with Gasteiger partial charge in [0.15, 0.2) is 0 Å². The summed E-state index contributed by atoms with van der Waals surface area (Å²) in [4.78, 5) is 0. The number of hydrogen-bond donors (Lipinski definition) is 0. The highest BCUT2D eigenvalue weighted by Crippen LogP contribution is 2.35. The lowest BCUT2D eigenvalue weighted by Crippen LogP contribution is -2.17.